The Kier molecular flexibility index (Phi) is 5.93. The van der Waals surface area contributed by atoms with Crippen molar-refractivity contribution in [2.24, 2.45) is 0 Å². The fourth-order valence-electron chi connectivity index (χ4n) is 3.17. The van der Waals surface area contributed by atoms with Crippen LogP contribution in [0.1, 0.15) is 53.1 Å². The lowest BCUT2D eigenvalue weighted by molar-refractivity contribution is -0.0597. The fraction of sp³-hybridized carbons (Fsp3) is 0.333. The molecule has 0 saturated heterocycles. The molecule has 0 radical (unpaired) electrons. The molecule has 1 amide bonds. The summed E-state index contributed by atoms with van der Waals surface area (Å²) in [6.45, 7) is 4.56. The van der Waals surface area contributed by atoms with Crippen molar-refractivity contribution in [2.45, 2.75) is 38.5 Å². The van der Waals surface area contributed by atoms with Gasteiger partial charge in [-0.25, -0.2) is 4.57 Å². The number of carbonyl (C=O) groups excluding carboxylic acids is 2. The minimum atomic E-state index is -4.93. The van der Waals surface area contributed by atoms with E-state index in [1.165, 1.54) is 24.3 Å². The van der Waals surface area contributed by atoms with E-state index < -0.39 is 31.5 Å². The Hall–Kier alpha value is -1.74. The number of benzene rings is 1. The van der Waals surface area contributed by atoms with Crippen LogP contribution in [-0.2, 0) is 9.09 Å². The van der Waals surface area contributed by atoms with E-state index in [0.717, 1.165) is 0 Å². The van der Waals surface area contributed by atoms with E-state index in [9.17, 15) is 23.9 Å². The molecule has 0 unspecified atom stereocenters. The number of halogens is 1. The highest BCUT2D eigenvalue weighted by molar-refractivity contribution is 7.46. The minimum absolute atomic E-state index is 0.212. The van der Waals surface area contributed by atoms with Gasteiger partial charge in [0.2, 0.25) is 0 Å². The van der Waals surface area contributed by atoms with Gasteiger partial charge >= 0.3 is 7.82 Å². The molecule has 3 N–H and O–H groups in total. The van der Waals surface area contributed by atoms with Crippen LogP contribution in [0.3, 0.4) is 0 Å². The average Bonchev–Trinajstić information content (AvgIpc) is 3.02. The van der Waals surface area contributed by atoms with Gasteiger partial charge in [-0.1, -0.05) is 11.6 Å². The first kappa shape index (κ1) is 22.0. The molecule has 3 rings (SSSR count). The first-order valence-corrected chi connectivity index (χ1v) is 11.3. The second-order valence-electron chi connectivity index (χ2n) is 7.09. The van der Waals surface area contributed by atoms with Crippen LogP contribution in [0, 0.1) is 0 Å². The third-order valence-electron chi connectivity index (χ3n) is 4.51. The molecule has 156 valence electrons. The normalized spacial score (nSPS) is 20.5. The number of phosphoric ester groups is 1. The number of Topliss-reactive ketones (excluding diaryl/α,β-unsaturated/α-hetero) is 1. The van der Waals surface area contributed by atoms with Crippen LogP contribution in [0.4, 0.5) is 0 Å². The number of hydrogen-bond acceptors (Lipinski definition) is 6. The summed E-state index contributed by atoms with van der Waals surface area (Å²) in [7, 11) is -4.93. The number of carbonyl (C=O) groups is 2. The van der Waals surface area contributed by atoms with Crippen LogP contribution in [0.15, 0.2) is 29.6 Å². The second-order valence-corrected chi connectivity index (χ2v) is 9.80. The molecule has 1 aliphatic rings. The standard InChI is InChI=1S/C18H19ClNO7PS/c1-9(21)10-4-5-13-12(8-10)14(20-17(22)11-6-7-29-16(11)19)15(18(2,3)26-13)27-28(23,24)25/h4-8,14-15H,1-3H3,(H,20,22)(H2,23,24,25)/t14-,15+/m1/s1. The van der Waals surface area contributed by atoms with Crippen LogP contribution in [0.5, 0.6) is 5.75 Å². The molecule has 2 aromatic rings. The highest BCUT2D eigenvalue weighted by Crippen LogP contribution is 2.49. The van der Waals surface area contributed by atoms with Crippen molar-refractivity contribution >= 4 is 42.5 Å². The van der Waals surface area contributed by atoms with Crippen LogP contribution in [-0.4, -0.2) is 33.2 Å². The van der Waals surface area contributed by atoms with Crippen LogP contribution >= 0.6 is 30.8 Å². The van der Waals surface area contributed by atoms with Crippen LogP contribution in [0.25, 0.3) is 0 Å². The largest absolute Gasteiger partial charge is 0.485 e. The van der Waals surface area contributed by atoms with Gasteiger partial charge in [-0.2, -0.15) is 0 Å². The Morgan fingerprint density at radius 1 is 1.31 bits per heavy atom. The smallest absolute Gasteiger partial charge is 0.470 e. The van der Waals surface area contributed by atoms with E-state index in [4.69, 9.17) is 20.9 Å². The number of ether oxygens (including phenoxy) is 1. The summed E-state index contributed by atoms with van der Waals surface area (Å²) in [5.74, 6) is -0.388. The van der Waals surface area contributed by atoms with Gasteiger partial charge in [0, 0.05) is 11.1 Å². The van der Waals surface area contributed by atoms with E-state index in [0.29, 0.717) is 16.9 Å². The zero-order valence-electron chi connectivity index (χ0n) is 15.7. The first-order valence-electron chi connectivity index (χ1n) is 8.51. The Morgan fingerprint density at radius 3 is 2.55 bits per heavy atom. The average molecular weight is 460 g/mol. The zero-order valence-corrected chi connectivity index (χ0v) is 18.2. The van der Waals surface area contributed by atoms with Crippen molar-refractivity contribution in [3.05, 3.63) is 50.7 Å². The number of fused-ring (bicyclic) bond motifs is 1. The monoisotopic (exact) mass is 459 g/mol. The Labute approximate surface area is 176 Å². The summed E-state index contributed by atoms with van der Waals surface area (Å²) in [5.41, 5.74) is -0.257. The number of phosphoric acid groups is 1. The molecular weight excluding hydrogens is 441 g/mol. The number of thiophene rings is 1. The SMILES string of the molecule is CC(=O)c1ccc2c(c1)[C@@H](NC(=O)c1ccsc1Cl)[C@H](OP(=O)(O)O)C(C)(C)O2. The summed E-state index contributed by atoms with van der Waals surface area (Å²) in [6.07, 6.45) is -1.25. The van der Waals surface area contributed by atoms with Gasteiger partial charge in [0.15, 0.2) is 5.78 Å². The molecule has 11 heteroatoms. The number of hydrogen-bond donors (Lipinski definition) is 3. The Balaban J connectivity index is 2.10. The summed E-state index contributed by atoms with van der Waals surface area (Å²) in [6, 6.07) is 5.21. The topological polar surface area (TPSA) is 122 Å². The lowest BCUT2D eigenvalue weighted by atomic mass is 9.85. The lowest BCUT2D eigenvalue weighted by Crippen LogP contribution is -2.54. The maximum Gasteiger partial charge on any atom is 0.470 e. The molecule has 1 aromatic carbocycles. The number of rotatable bonds is 5. The van der Waals surface area contributed by atoms with Gasteiger partial charge < -0.3 is 19.8 Å². The van der Waals surface area contributed by atoms with Gasteiger partial charge in [0.1, 0.15) is 21.8 Å². The molecule has 1 aliphatic heterocycles. The molecule has 29 heavy (non-hydrogen) atoms. The predicted molar refractivity (Wildman–Crippen MR) is 108 cm³/mol. The predicted octanol–water partition coefficient (Wildman–Crippen LogP) is 3.72. The molecule has 0 fully saturated rings. The molecular formula is C18H19ClNO7PS. The second kappa shape index (κ2) is 7.83. The van der Waals surface area contributed by atoms with Crippen molar-refractivity contribution in [1.82, 2.24) is 5.32 Å². The molecule has 0 bridgehead atoms. The number of nitrogens with one attached hydrogen (secondary N) is 1. The molecule has 0 spiro atoms. The van der Waals surface area contributed by atoms with E-state index in [-0.39, 0.29) is 15.7 Å². The van der Waals surface area contributed by atoms with Crippen molar-refractivity contribution in [3.8, 4) is 5.75 Å². The molecule has 0 saturated carbocycles. The van der Waals surface area contributed by atoms with E-state index >= 15 is 0 Å². The molecule has 8 nitrogen and oxygen atoms in total. The summed E-state index contributed by atoms with van der Waals surface area (Å²) in [4.78, 5) is 43.5. The fourth-order valence-corrected chi connectivity index (χ4v) is 4.76. The van der Waals surface area contributed by atoms with Gasteiger partial charge in [0.25, 0.3) is 5.91 Å². The minimum Gasteiger partial charge on any atom is -0.485 e. The van der Waals surface area contributed by atoms with Gasteiger partial charge in [-0.3, -0.25) is 14.1 Å². The highest BCUT2D eigenvalue weighted by atomic mass is 35.5. The van der Waals surface area contributed by atoms with Crippen molar-refractivity contribution in [3.63, 3.8) is 0 Å². The lowest BCUT2D eigenvalue weighted by Gasteiger charge is -2.44. The number of ketones is 1. The van der Waals surface area contributed by atoms with Gasteiger partial charge in [-0.15, -0.1) is 11.3 Å². The van der Waals surface area contributed by atoms with Crippen LogP contribution in [0.2, 0.25) is 4.34 Å². The quantitative estimate of drug-likeness (QED) is 0.460. The Bertz CT molecular complexity index is 1020. The van der Waals surface area contributed by atoms with E-state index in [1.54, 1.807) is 37.4 Å². The third kappa shape index (κ3) is 4.71. The zero-order chi connectivity index (χ0) is 21.6. The first-order chi connectivity index (χ1) is 13.4. The molecule has 2 atom stereocenters. The molecule has 1 aromatic heterocycles. The Morgan fingerprint density at radius 2 is 2.00 bits per heavy atom. The molecule has 0 aliphatic carbocycles. The van der Waals surface area contributed by atoms with Crippen molar-refractivity contribution in [1.29, 1.82) is 0 Å². The van der Waals surface area contributed by atoms with Crippen molar-refractivity contribution < 1.29 is 33.2 Å². The summed E-state index contributed by atoms with van der Waals surface area (Å²) < 4.78 is 22.8. The summed E-state index contributed by atoms with van der Waals surface area (Å²) >= 11 is 7.23. The van der Waals surface area contributed by atoms with Gasteiger partial charge in [0.05, 0.1) is 11.6 Å². The summed E-state index contributed by atoms with van der Waals surface area (Å²) in [5, 5.41) is 4.39. The van der Waals surface area contributed by atoms with Gasteiger partial charge in [-0.05, 0) is 50.4 Å². The van der Waals surface area contributed by atoms with E-state index in [1.807, 2.05) is 0 Å². The third-order valence-corrected chi connectivity index (χ3v) is 6.18. The molecule has 2 heterocycles. The highest BCUT2D eigenvalue weighted by Gasteiger charge is 2.48. The van der Waals surface area contributed by atoms with Crippen molar-refractivity contribution in [2.75, 3.05) is 0 Å². The maximum atomic E-state index is 12.8. The van der Waals surface area contributed by atoms with Crippen LogP contribution < -0.4 is 10.1 Å². The maximum absolute atomic E-state index is 12.8. The van der Waals surface area contributed by atoms with E-state index in [2.05, 4.69) is 5.32 Å². The number of amides is 1.